The molecule has 2 aromatic carbocycles. The van der Waals surface area contributed by atoms with Crippen LogP contribution in [0.25, 0.3) is 11.1 Å². The van der Waals surface area contributed by atoms with Gasteiger partial charge in [0.25, 0.3) is 5.91 Å². The second kappa shape index (κ2) is 13.7. The van der Waals surface area contributed by atoms with Crippen LogP contribution in [-0.2, 0) is 20.7 Å². The SMILES string of the molecule is COCOCC(CC(Cc1cccnc1)C(=O)NO)N(C)C(=O)c1ccc(-c2ccc(Cl)cc2)cc1. The number of methoxy groups -OCH3 is 1. The highest BCUT2D eigenvalue weighted by Gasteiger charge is 2.29. The lowest BCUT2D eigenvalue weighted by Gasteiger charge is -2.31. The first-order valence-electron chi connectivity index (χ1n) is 11.5. The summed E-state index contributed by atoms with van der Waals surface area (Å²) < 4.78 is 10.6. The van der Waals surface area contributed by atoms with Crippen molar-refractivity contribution in [3.8, 4) is 11.1 Å². The molecule has 190 valence electrons. The van der Waals surface area contributed by atoms with Gasteiger partial charge in [-0.3, -0.25) is 19.8 Å². The lowest BCUT2D eigenvalue weighted by molar-refractivity contribution is -0.134. The van der Waals surface area contributed by atoms with Crippen LogP contribution in [0, 0.1) is 5.92 Å². The molecule has 2 atom stereocenters. The maximum absolute atomic E-state index is 13.4. The minimum absolute atomic E-state index is 0.0494. The van der Waals surface area contributed by atoms with Gasteiger partial charge in [-0.15, -0.1) is 0 Å². The van der Waals surface area contributed by atoms with Crippen LogP contribution in [0.1, 0.15) is 22.3 Å². The van der Waals surface area contributed by atoms with Crippen molar-refractivity contribution in [2.45, 2.75) is 18.9 Å². The number of pyridine rings is 1. The highest BCUT2D eigenvalue weighted by Crippen LogP contribution is 2.23. The lowest BCUT2D eigenvalue weighted by atomic mass is 9.92. The van der Waals surface area contributed by atoms with E-state index in [0.29, 0.717) is 17.0 Å². The molecule has 0 fully saturated rings. The Balaban J connectivity index is 1.77. The van der Waals surface area contributed by atoms with E-state index >= 15 is 0 Å². The van der Waals surface area contributed by atoms with Gasteiger partial charge in [-0.25, -0.2) is 5.48 Å². The summed E-state index contributed by atoms with van der Waals surface area (Å²) >= 11 is 5.98. The molecule has 0 spiro atoms. The second-order valence-electron chi connectivity index (χ2n) is 8.41. The Hall–Kier alpha value is -3.30. The Morgan fingerprint density at radius 2 is 1.75 bits per heavy atom. The van der Waals surface area contributed by atoms with Gasteiger partial charge in [0, 0.05) is 43.1 Å². The molecular weight excluding hydrogens is 482 g/mol. The van der Waals surface area contributed by atoms with Gasteiger partial charge in [0.05, 0.1) is 12.6 Å². The maximum atomic E-state index is 13.4. The van der Waals surface area contributed by atoms with Crippen LogP contribution in [0.4, 0.5) is 0 Å². The quantitative estimate of drug-likeness (QED) is 0.163. The van der Waals surface area contributed by atoms with E-state index in [1.807, 2.05) is 42.5 Å². The third-order valence-corrected chi connectivity index (χ3v) is 6.18. The molecule has 0 aliphatic heterocycles. The van der Waals surface area contributed by atoms with E-state index < -0.39 is 17.9 Å². The summed E-state index contributed by atoms with van der Waals surface area (Å²) in [4.78, 5) is 31.5. The number of nitrogens with one attached hydrogen (secondary N) is 1. The number of benzene rings is 2. The third kappa shape index (κ3) is 7.60. The summed E-state index contributed by atoms with van der Waals surface area (Å²) in [5.74, 6) is -1.37. The van der Waals surface area contributed by atoms with Gasteiger partial charge in [0.1, 0.15) is 6.79 Å². The molecule has 36 heavy (non-hydrogen) atoms. The van der Waals surface area contributed by atoms with Crippen molar-refractivity contribution >= 4 is 23.4 Å². The smallest absolute Gasteiger partial charge is 0.253 e. The zero-order valence-corrected chi connectivity index (χ0v) is 21.0. The van der Waals surface area contributed by atoms with Gasteiger partial charge in [-0.1, -0.05) is 41.9 Å². The Morgan fingerprint density at radius 3 is 2.33 bits per heavy atom. The molecule has 1 aromatic heterocycles. The standard InChI is InChI=1S/C27H30ClN3O5/c1-31(27(33)22-7-5-20(6-8-22)21-9-11-24(28)12-10-21)25(17-36-18-35-2)15-23(26(32)30-34)14-19-4-3-13-29-16-19/h3-13,16,23,25,34H,14-15,17-18H2,1-2H3,(H,30,32). The van der Waals surface area contributed by atoms with E-state index in [1.54, 1.807) is 48.0 Å². The summed E-state index contributed by atoms with van der Waals surface area (Å²) in [6.07, 6.45) is 3.93. The molecule has 0 saturated heterocycles. The molecule has 2 unspecified atom stereocenters. The topological polar surface area (TPSA) is 101 Å². The molecule has 2 N–H and O–H groups in total. The Bertz CT molecular complexity index is 1110. The highest BCUT2D eigenvalue weighted by atomic mass is 35.5. The second-order valence-corrected chi connectivity index (χ2v) is 8.84. The molecular formula is C27H30ClN3O5. The number of ether oxygens (including phenoxy) is 2. The number of carbonyl (C=O) groups is 2. The van der Waals surface area contributed by atoms with Gasteiger partial charge >= 0.3 is 0 Å². The van der Waals surface area contributed by atoms with Crippen LogP contribution in [0.15, 0.2) is 73.1 Å². The molecule has 0 saturated carbocycles. The van der Waals surface area contributed by atoms with E-state index in [4.69, 9.17) is 21.1 Å². The summed E-state index contributed by atoms with van der Waals surface area (Å²) in [5.41, 5.74) is 5.04. The van der Waals surface area contributed by atoms with E-state index in [0.717, 1.165) is 16.7 Å². The largest absolute Gasteiger partial charge is 0.359 e. The van der Waals surface area contributed by atoms with Crippen LogP contribution in [0.2, 0.25) is 5.02 Å². The molecule has 8 nitrogen and oxygen atoms in total. The van der Waals surface area contributed by atoms with Gasteiger partial charge < -0.3 is 14.4 Å². The fourth-order valence-electron chi connectivity index (χ4n) is 3.93. The molecule has 0 aliphatic carbocycles. The first kappa shape index (κ1) is 27.3. The minimum atomic E-state index is -0.613. The van der Waals surface area contributed by atoms with Crippen LogP contribution >= 0.6 is 11.6 Å². The number of hydrogen-bond acceptors (Lipinski definition) is 6. The van der Waals surface area contributed by atoms with E-state index in [2.05, 4.69) is 4.98 Å². The fraction of sp³-hybridized carbons (Fsp3) is 0.296. The third-order valence-electron chi connectivity index (χ3n) is 5.93. The van der Waals surface area contributed by atoms with Gasteiger partial charge in [-0.2, -0.15) is 0 Å². The molecule has 0 aliphatic rings. The first-order chi connectivity index (χ1) is 17.4. The van der Waals surface area contributed by atoms with Crippen LogP contribution in [0.3, 0.4) is 0 Å². The van der Waals surface area contributed by atoms with Crippen molar-refractivity contribution in [1.29, 1.82) is 0 Å². The number of hydrogen-bond donors (Lipinski definition) is 2. The fourth-order valence-corrected chi connectivity index (χ4v) is 4.05. The van der Waals surface area contributed by atoms with E-state index in [-0.39, 0.29) is 25.7 Å². The number of amides is 2. The normalized spacial score (nSPS) is 12.6. The number of aromatic nitrogens is 1. The van der Waals surface area contributed by atoms with Crippen molar-refractivity contribution in [3.05, 3.63) is 89.2 Å². The van der Waals surface area contributed by atoms with Gasteiger partial charge in [0.15, 0.2) is 0 Å². The predicted molar refractivity (Wildman–Crippen MR) is 137 cm³/mol. The molecule has 0 bridgehead atoms. The van der Waals surface area contributed by atoms with Crippen LogP contribution < -0.4 is 5.48 Å². The van der Waals surface area contributed by atoms with Crippen molar-refractivity contribution in [3.63, 3.8) is 0 Å². The molecule has 0 radical (unpaired) electrons. The summed E-state index contributed by atoms with van der Waals surface area (Å²) in [6, 6.07) is 18.0. The maximum Gasteiger partial charge on any atom is 0.253 e. The summed E-state index contributed by atoms with van der Waals surface area (Å²) in [7, 11) is 3.19. The van der Waals surface area contributed by atoms with Crippen molar-refractivity contribution < 1.29 is 24.3 Å². The monoisotopic (exact) mass is 511 g/mol. The van der Waals surface area contributed by atoms with Crippen LogP contribution in [0.5, 0.6) is 0 Å². The van der Waals surface area contributed by atoms with Crippen molar-refractivity contribution in [2.75, 3.05) is 27.6 Å². The summed E-state index contributed by atoms with van der Waals surface area (Å²) in [6.45, 7) is 0.203. The summed E-state index contributed by atoms with van der Waals surface area (Å²) in [5, 5.41) is 9.97. The van der Waals surface area contributed by atoms with E-state index in [1.165, 1.54) is 7.11 Å². The number of halogens is 1. The Labute approximate surface area is 215 Å². The number of carbonyl (C=O) groups excluding carboxylic acids is 2. The van der Waals surface area contributed by atoms with Crippen LogP contribution in [-0.4, -0.2) is 60.5 Å². The number of rotatable bonds is 12. The highest BCUT2D eigenvalue weighted by molar-refractivity contribution is 6.30. The molecule has 1 heterocycles. The van der Waals surface area contributed by atoms with Crippen molar-refractivity contribution in [1.82, 2.24) is 15.4 Å². The number of nitrogens with zero attached hydrogens (tertiary/aromatic N) is 2. The zero-order valence-electron chi connectivity index (χ0n) is 20.3. The predicted octanol–water partition coefficient (Wildman–Crippen LogP) is 4.22. The zero-order chi connectivity index (χ0) is 25.9. The Morgan fingerprint density at radius 1 is 1.08 bits per heavy atom. The lowest BCUT2D eigenvalue weighted by Crippen LogP contribution is -2.44. The molecule has 3 rings (SSSR count). The minimum Gasteiger partial charge on any atom is -0.359 e. The van der Waals surface area contributed by atoms with E-state index in [9.17, 15) is 14.8 Å². The number of hydroxylamine groups is 1. The molecule has 3 aromatic rings. The van der Waals surface area contributed by atoms with Gasteiger partial charge in [-0.05, 0) is 59.9 Å². The average Bonchev–Trinajstić information content (AvgIpc) is 2.92. The Kier molecular flexibility index (Phi) is 10.4. The average molecular weight is 512 g/mol. The van der Waals surface area contributed by atoms with Gasteiger partial charge in [0.2, 0.25) is 5.91 Å². The number of likely N-dealkylation sites (N-methyl/N-ethyl adjacent to an activating group) is 1. The molecule has 2 amide bonds. The van der Waals surface area contributed by atoms with Crippen molar-refractivity contribution in [2.24, 2.45) is 5.92 Å². The molecule has 9 heteroatoms. The first-order valence-corrected chi connectivity index (χ1v) is 11.8.